The number of unbranched alkanes of at least 4 members (excludes halogenated alkanes) is 2. The Morgan fingerprint density at radius 2 is 2.07 bits per heavy atom. The first kappa shape index (κ1) is 13.7. The first-order valence-corrected chi connectivity index (χ1v) is 5.09. The van der Waals surface area contributed by atoms with Crippen molar-refractivity contribution < 1.29 is 14.7 Å². The minimum atomic E-state index is -0.893. The lowest BCUT2D eigenvalue weighted by molar-refractivity contribution is -0.137. The Morgan fingerprint density at radius 3 is 2.53 bits per heavy atom. The zero-order valence-corrected chi connectivity index (χ0v) is 8.95. The molecule has 5 N–H and O–H groups in total. The topological polar surface area (TPSA) is 104 Å². The fraction of sp³-hybridized carbons (Fsp3) is 0.778. The van der Waals surface area contributed by atoms with Crippen LogP contribution < -0.4 is 16.6 Å². The third kappa shape index (κ3) is 9.01. The fourth-order valence-corrected chi connectivity index (χ4v) is 1.25. The summed E-state index contributed by atoms with van der Waals surface area (Å²) >= 11 is 0. The van der Waals surface area contributed by atoms with Crippen LogP contribution in [0.1, 0.15) is 39.0 Å². The highest BCUT2D eigenvalue weighted by molar-refractivity contribution is 5.71. The molecule has 6 nitrogen and oxygen atoms in total. The number of amides is 2. The average molecular weight is 217 g/mol. The number of nitrogens with one attached hydrogen (secondary N) is 2. The molecule has 0 bridgehead atoms. The molecule has 2 amide bonds. The van der Waals surface area contributed by atoms with Gasteiger partial charge in [-0.15, -0.1) is 0 Å². The van der Waals surface area contributed by atoms with Crippen LogP contribution in [-0.2, 0) is 4.79 Å². The van der Waals surface area contributed by atoms with Crippen LogP contribution in [0, 0.1) is 0 Å². The second kappa shape index (κ2) is 8.05. The Hall–Kier alpha value is -1.30. The number of carbonyl (C=O) groups excluding carboxylic acids is 1. The van der Waals surface area contributed by atoms with E-state index in [2.05, 4.69) is 17.8 Å². The monoisotopic (exact) mass is 217 g/mol. The maximum absolute atomic E-state index is 10.5. The van der Waals surface area contributed by atoms with Crippen molar-refractivity contribution >= 4 is 12.0 Å². The number of carbonyl (C=O) groups is 2. The molecule has 0 aliphatic heterocycles. The molecule has 0 aliphatic rings. The highest BCUT2D eigenvalue weighted by atomic mass is 16.4. The minimum absolute atomic E-state index is 0.0238. The maximum atomic E-state index is 10.5. The van der Waals surface area contributed by atoms with Gasteiger partial charge in [0.15, 0.2) is 0 Å². The normalized spacial score (nSPS) is 12.1. The predicted molar refractivity (Wildman–Crippen MR) is 56.0 cm³/mol. The molecule has 1 atom stereocenters. The van der Waals surface area contributed by atoms with Crippen LogP contribution in [0.5, 0.6) is 0 Å². The number of hydrogen-bond acceptors (Lipinski definition) is 3. The molecule has 15 heavy (non-hydrogen) atoms. The molecule has 0 spiro atoms. The molecular formula is C9H19N3O3. The smallest absolute Gasteiger partial charge is 0.326 e. The lowest BCUT2D eigenvalue weighted by atomic mass is 10.1. The molecule has 1 unspecified atom stereocenters. The van der Waals surface area contributed by atoms with E-state index in [4.69, 9.17) is 10.8 Å². The van der Waals surface area contributed by atoms with Gasteiger partial charge in [0.1, 0.15) is 0 Å². The predicted octanol–water partition coefficient (Wildman–Crippen LogP) is 0.583. The van der Waals surface area contributed by atoms with Gasteiger partial charge in [-0.25, -0.2) is 10.2 Å². The van der Waals surface area contributed by atoms with Gasteiger partial charge < -0.3 is 10.8 Å². The summed E-state index contributed by atoms with van der Waals surface area (Å²) in [6.45, 7) is 2.07. The van der Waals surface area contributed by atoms with Crippen molar-refractivity contribution in [2.75, 3.05) is 0 Å². The van der Waals surface area contributed by atoms with E-state index in [1.807, 2.05) is 0 Å². The van der Waals surface area contributed by atoms with Crippen molar-refractivity contribution in [3.63, 3.8) is 0 Å². The number of nitrogens with two attached hydrogens (primary N) is 1. The van der Waals surface area contributed by atoms with Crippen LogP contribution in [0.15, 0.2) is 0 Å². The quantitative estimate of drug-likeness (QED) is 0.352. The molecule has 0 rings (SSSR count). The van der Waals surface area contributed by atoms with E-state index in [-0.39, 0.29) is 12.5 Å². The second-order valence-electron chi connectivity index (χ2n) is 3.42. The van der Waals surface area contributed by atoms with Crippen molar-refractivity contribution in [2.24, 2.45) is 5.73 Å². The molecular weight excluding hydrogens is 198 g/mol. The van der Waals surface area contributed by atoms with Crippen molar-refractivity contribution in [1.29, 1.82) is 0 Å². The summed E-state index contributed by atoms with van der Waals surface area (Å²) in [6.07, 6.45) is 3.74. The molecule has 0 aromatic carbocycles. The molecule has 0 heterocycles. The van der Waals surface area contributed by atoms with E-state index in [1.165, 1.54) is 0 Å². The third-order valence-electron chi connectivity index (χ3n) is 1.98. The standard InChI is InChI=1S/C9H19N3O3/c1-2-3-4-5-7(6-8(13)14)11-12-9(10)15/h7,11H,2-6H2,1H3,(H,13,14)(H3,10,12,15). The Morgan fingerprint density at radius 1 is 1.40 bits per heavy atom. The molecule has 0 aliphatic carbocycles. The number of urea groups is 1. The summed E-state index contributed by atoms with van der Waals surface area (Å²) in [4.78, 5) is 20.9. The number of rotatable bonds is 8. The van der Waals surface area contributed by atoms with Gasteiger partial charge >= 0.3 is 12.0 Å². The number of aliphatic carboxylic acids is 1. The minimum Gasteiger partial charge on any atom is -0.481 e. The molecule has 0 aromatic rings. The van der Waals surface area contributed by atoms with Gasteiger partial charge in [-0.2, -0.15) is 0 Å². The first-order chi connectivity index (χ1) is 7.06. The van der Waals surface area contributed by atoms with E-state index in [9.17, 15) is 9.59 Å². The zero-order chi connectivity index (χ0) is 11.7. The van der Waals surface area contributed by atoms with Crippen LogP contribution in [0.25, 0.3) is 0 Å². The summed E-state index contributed by atoms with van der Waals surface area (Å²) in [5.74, 6) is -0.893. The van der Waals surface area contributed by atoms with Gasteiger partial charge in [-0.05, 0) is 6.42 Å². The van der Waals surface area contributed by atoms with E-state index >= 15 is 0 Å². The highest BCUT2D eigenvalue weighted by Crippen LogP contribution is 2.05. The second-order valence-corrected chi connectivity index (χ2v) is 3.42. The number of hydrogen-bond donors (Lipinski definition) is 4. The molecule has 6 heteroatoms. The van der Waals surface area contributed by atoms with Gasteiger partial charge in [-0.3, -0.25) is 10.2 Å². The SMILES string of the molecule is CCCCCC(CC(=O)O)NNC(N)=O. The number of hydrazine groups is 1. The third-order valence-corrected chi connectivity index (χ3v) is 1.98. The number of carboxylic acid groups (broad SMARTS) is 1. The van der Waals surface area contributed by atoms with Crippen LogP contribution in [0.4, 0.5) is 4.79 Å². The van der Waals surface area contributed by atoms with Gasteiger partial charge in [0, 0.05) is 6.04 Å². The van der Waals surface area contributed by atoms with Crippen molar-refractivity contribution in [3.05, 3.63) is 0 Å². The van der Waals surface area contributed by atoms with Crippen LogP contribution in [0.3, 0.4) is 0 Å². The maximum Gasteiger partial charge on any atom is 0.326 e. The lowest BCUT2D eigenvalue weighted by Crippen LogP contribution is -2.47. The summed E-state index contributed by atoms with van der Waals surface area (Å²) in [6, 6.07) is -0.970. The van der Waals surface area contributed by atoms with E-state index < -0.39 is 12.0 Å². The highest BCUT2D eigenvalue weighted by Gasteiger charge is 2.12. The van der Waals surface area contributed by atoms with Crippen LogP contribution in [-0.4, -0.2) is 23.1 Å². The van der Waals surface area contributed by atoms with Crippen LogP contribution >= 0.6 is 0 Å². The molecule has 0 radical (unpaired) electrons. The Labute approximate surface area is 89.2 Å². The molecule has 0 saturated heterocycles. The zero-order valence-electron chi connectivity index (χ0n) is 8.95. The fourth-order valence-electron chi connectivity index (χ4n) is 1.25. The lowest BCUT2D eigenvalue weighted by Gasteiger charge is -2.16. The van der Waals surface area contributed by atoms with Gasteiger partial charge in [0.2, 0.25) is 0 Å². The summed E-state index contributed by atoms with van der Waals surface area (Å²) < 4.78 is 0. The summed E-state index contributed by atoms with van der Waals surface area (Å²) in [5.41, 5.74) is 9.67. The van der Waals surface area contributed by atoms with Gasteiger partial charge in [0.05, 0.1) is 6.42 Å². The van der Waals surface area contributed by atoms with E-state index in [0.29, 0.717) is 6.42 Å². The summed E-state index contributed by atoms with van der Waals surface area (Å²) in [7, 11) is 0. The summed E-state index contributed by atoms with van der Waals surface area (Å²) in [5, 5.41) is 8.62. The van der Waals surface area contributed by atoms with Crippen LogP contribution in [0.2, 0.25) is 0 Å². The Balaban J connectivity index is 3.83. The first-order valence-electron chi connectivity index (χ1n) is 5.09. The van der Waals surface area contributed by atoms with E-state index in [0.717, 1.165) is 19.3 Å². The average Bonchev–Trinajstić information content (AvgIpc) is 2.13. The van der Waals surface area contributed by atoms with Crippen molar-refractivity contribution in [1.82, 2.24) is 10.9 Å². The number of carboxylic acids is 1. The van der Waals surface area contributed by atoms with Crippen molar-refractivity contribution in [2.45, 2.75) is 45.1 Å². The molecule has 0 fully saturated rings. The van der Waals surface area contributed by atoms with E-state index in [1.54, 1.807) is 0 Å². The van der Waals surface area contributed by atoms with Gasteiger partial charge in [0.25, 0.3) is 0 Å². The number of primary amides is 1. The largest absolute Gasteiger partial charge is 0.481 e. The molecule has 0 saturated carbocycles. The Kier molecular flexibility index (Phi) is 7.35. The molecule has 88 valence electrons. The Bertz CT molecular complexity index is 209. The van der Waals surface area contributed by atoms with Gasteiger partial charge in [-0.1, -0.05) is 26.2 Å². The molecule has 0 aromatic heterocycles. The van der Waals surface area contributed by atoms with Crippen molar-refractivity contribution in [3.8, 4) is 0 Å².